The maximum absolute atomic E-state index is 11.1. The van der Waals surface area contributed by atoms with Gasteiger partial charge >= 0.3 is 0 Å². The normalized spacial score (nSPS) is 10.3. The van der Waals surface area contributed by atoms with Gasteiger partial charge < -0.3 is 11.1 Å². The molecule has 0 aliphatic carbocycles. The molecule has 0 aliphatic rings. The van der Waals surface area contributed by atoms with E-state index >= 15 is 0 Å². The lowest BCUT2D eigenvalue weighted by Gasteiger charge is -2.08. The van der Waals surface area contributed by atoms with Crippen molar-refractivity contribution in [2.24, 2.45) is 5.73 Å². The molecule has 3 N–H and O–H groups in total. The van der Waals surface area contributed by atoms with Gasteiger partial charge in [-0.2, -0.15) is 0 Å². The van der Waals surface area contributed by atoms with Crippen LogP contribution in [0.4, 0.5) is 11.6 Å². The maximum Gasteiger partial charge on any atom is 0.248 e. The van der Waals surface area contributed by atoms with Crippen LogP contribution in [0, 0.1) is 0 Å². The summed E-state index contributed by atoms with van der Waals surface area (Å²) in [6.45, 7) is 0. The number of carbonyl (C=O) groups excluding carboxylic acids is 1. The molecule has 3 rings (SSSR count). The molecule has 0 fully saturated rings. The smallest absolute Gasteiger partial charge is 0.248 e. The molecular weight excluding hydrogens is 312 g/mol. The Bertz CT molecular complexity index is 835. The largest absolute Gasteiger partial charge is 0.366 e. The number of nitrogens with one attached hydrogen (secondary N) is 1. The number of halogens is 1. The zero-order valence-corrected chi connectivity index (χ0v) is 12.8. The molecule has 3 aromatic rings. The SMILES string of the molecule is NC(=O)c1ccc(Nc2ncc(Cl)c(-c3ccccc3)n2)cc1. The molecule has 0 spiro atoms. The minimum Gasteiger partial charge on any atom is -0.366 e. The Kier molecular flexibility index (Phi) is 4.21. The van der Waals surface area contributed by atoms with Gasteiger partial charge in [0, 0.05) is 16.8 Å². The highest BCUT2D eigenvalue weighted by molar-refractivity contribution is 6.32. The topological polar surface area (TPSA) is 80.9 Å². The minimum absolute atomic E-state index is 0.417. The summed E-state index contributed by atoms with van der Waals surface area (Å²) in [5, 5.41) is 3.55. The van der Waals surface area contributed by atoms with E-state index in [1.165, 1.54) is 0 Å². The van der Waals surface area contributed by atoms with E-state index in [0.717, 1.165) is 11.3 Å². The third-order valence-electron chi connectivity index (χ3n) is 3.22. The molecule has 23 heavy (non-hydrogen) atoms. The van der Waals surface area contributed by atoms with E-state index in [9.17, 15) is 4.79 Å². The van der Waals surface area contributed by atoms with Crippen molar-refractivity contribution in [1.29, 1.82) is 0 Å². The minimum atomic E-state index is -0.467. The van der Waals surface area contributed by atoms with Gasteiger partial charge in [0.1, 0.15) is 0 Å². The van der Waals surface area contributed by atoms with E-state index in [0.29, 0.717) is 22.2 Å². The number of primary amides is 1. The summed E-state index contributed by atoms with van der Waals surface area (Å²) in [7, 11) is 0. The fourth-order valence-corrected chi connectivity index (χ4v) is 2.27. The first-order valence-electron chi connectivity index (χ1n) is 6.88. The maximum atomic E-state index is 11.1. The van der Waals surface area contributed by atoms with Gasteiger partial charge in [-0.1, -0.05) is 41.9 Å². The number of nitrogens with zero attached hydrogens (tertiary/aromatic N) is 2. The number of rotatable bonds is 4. The third kappa shape index (κ3) is 3.46. The molecule has 1 heterocycles. The van der Waals surface area contributed by atoms with Crippen LogP contribution < -0.4 is 11.1 Å². The molecule has 0 aliphatic heterocycles. The summed E-state index contributed by atoms with van der Waals surface area (Å²) in [5.74, 6) is -0.0502. The predicted molar refractivity (Wildman–Crippen MR) is 90.7 cm³/mol. The quantitative estimate of drug-likeness (QED) is 0.767. The first kappa shape index (κ1) is 15.0. The van der Waals surface area contributed by atoms with Crippen molar-refractivity contribution in [3.8, 4) is 11.3 Å². The van der Waals surface area contributed by atoms with Crippen LogP contribution in [0.5, 0.6) is 0 Å². The number of hydrogen-bond acceptors (Lipinski definition) is 4. The van der Waals surface area contributed by atoms with Crippen LogP contribution in [-0.4, -0.2) is 15.9 Å². The Morgan fingerprint density at radius 2 is 1.74 bits per heavy atom. The standard InChI is InChI=1S/C17H13ClN4O/c18-14-10-20-17(22-15(14)11-4-2-1-3-5-11)21-13-8-6-12(7-9-13)16(19)23/h1-10H,(H2,19,23)(H,20,21,22). The summed E-state index contributed by atoms with van der Waals surface area (Å²) in [5.41, 5.74) is 7.97. The van der Waals surface area contributed by atoms with E-state index in [1.54, 1.807) is 30.5 Å². The van der Waals surface area contributed by atoms with Gasteiger partial charge in [0.2, 0.25) is 11.9 Å². The second-order valence-corrected chi connectivity index (χ2v) is 5.23. The van der Waals surface area contributed by atoms with E-state index < -0.39 is 5.91 Å². The molecule has 0 saturated carbocycles. The molecule has 114 valence electrons. The van der Waals surface area contributed by atoms with Crippen molar-refractivity contribution in [2.45, 2.75) is 0 Å². The molecule has 0 bridgehead atoms. The number of anilines is 2. The number of carbonyl (C=O) groups is 1. The van der Waals surface area contributed by atoms with E-state index in [-0.39, 0.29) is 0 Å². The van der Waals surface area contributed by atoms with Gasteiger partial charge in [-0.15, -0.1) is 0 Å². The average molecular weight is 325 g/mol. The van der Waals surface area contributed by atoms with Crippen molar-refractivity contribution in [2.75, 3.05) is 5.32 Å². The Balaban J connectivity index is 1.88. The fraction of sp³-hybridized carbons (Fsp3) is 0. The van der Waals surface area contributed by atoms with Gasteiger partial charge in [0.25, 0.3) is 0 Å². The van der Waals surface area contributed by atoms with Crippen LogP contribution in [0.15, 0.2) is 60.8 Å². The number of amides is 1. The Hall–Kier alpha value is -2.92. The van der Waals surface area contributed by atoms with Crippen LogP contribution in [-0.2, 0) is 0 Å². The summed E-state index contributed by atoms with van der Waals surface area (Å²) in [4.78, 5) is 19.7. The van der Waals surface area contributed by atoms with Gasteiger partial charge in [0.05, 0.1) is 16.9 Å². The molecule has 0 atom stereocenters. The highest BCUT2D eigenvalue weighted by Crippen LogP contribution is 2.26. The molecular formula is C17H13ClN4O. The second-order valence-electron chi connectivity index (χ2n) is 4.82. The molecule has 0 unspecified atom stereocenters. The van der Waals surface area contributed by atoms with Crippen molar-refractivity contribution >= 4 is 29.1 Å². The number of aromatic nitrogens is 2. The molecule has 2 aromatic carbocycles. The van der Waals surface area contributed by atoms with Crippen LogP contribution >= 0.6 is 11.6 Å². The van der Waals surface area contributed by atoms with Crippen molar-refractivity contribution in [1.82, 2.24) is 9.97 Å². The summed E-state index contributed by atoms with van der Waals surface area (Å²) >= 11 is 6.19. The van der Waals surface area contributed by atoms with Gasteiger partial charge in [0.15, 0.2) is 0 Å². The van der Waals surface area contributed by atoms with E-state index in [1.807, 2.05) is 30.3 Å². The molecule has 0 saturated heterocycles. The second kappa shape index (κ2) is 6.46. The van der Waals surface area contributed by atoms with Gasteiger partial charge in [-0.3, -0.25) is 4.79 Å². The number of nitrogens with two attached hydrogens (primary N) is 1. The van der Waals surface area contributed by atoms with Crippen molar-refractivity contribution in [3.63, 3.8) is 0 Å². The van der Waals surface area contributed by atoms with Crippen LogP contribution in [0.3, 0.4) is 0 Å². The van der Waals surface area contributed by atoms with Crippen LogP contribution in [0.2, 0.25) is 5.02 Å². The van der Waals surface area contributed by atoms with E-state index in [4.69, 9.17) is 17.3 Å². The predicted octanol–water partition coefficient (Wildman–Crippen LogP) is 3.64. The van der Waals surface area contributed by atoms with E-state index in [2.05, 4.69) is 15.3 Å². The van der Waals surface area contributed by atoms with Gasteiger partial charge in [-0.05, 0) is 24.3 Å². The van der Waals surface area contributed by atoms with Crippen molar-refractivity contribution in [3.05, 3.63) is 71.4 Å². The highest BCUT2D eigenvalue weighted by atomic mass is 35.5. The average Bonchev–Trinajstić information content (AvgIpc) is 2.58. The molecule has 5 nitrogen and oxygen atoms in total. The number of hydrogen-bond donors (Lipinski definition) is 2. The number of benzene rings is 2. The monoisotopic (exact) mass is 324 g/mol. The lowest BCUT2D eigenvalue weighted by atomic mass is 10.1. The lowest BCUT2D eigenvalue weighted by Crippen LogP contribution is -2.10. The van der Waals surface area contributed by atoms with Crippen molar-refractivity contribution < 1.29 is 4.79 Å². The zero-order valence-electron chi connectivity index (χ0n) is 12.0. The molecule has 1 amide bonds. The summed E-state index contributed by atoms with van der Waals surface area (Å²) in [6, 6.07) is 16.4. The first-order valence-corrected chi connectivity index (χ1v) is 7.26. The third-order valence-corrected chi connectivity index (χ3v) is 3.49. The Labute approximate surface area is 138 Å². The lowest BCUT2D eigenvalue weighted by molar-refractivity contribution is 0.100. The first-order chi connectivity index (χ1) is 11.1. The zero-order chi connectivity index (χ0) is 16.2. The summed E-state index contributed by atoms with van der Waals surface area (Å²) in [6.07, 6.45) is 1.55. The molecule has 6 heteroatoms. The van der Waals surface area contributed by atoms with Crippen LogP contribution in [0.25, 0.3) is 11.3 Å². The molecule has 0 radical (unpaired) electrons. The fourth-order valence-electron chi connectivity index (χ4n) is 2.07. The Morgan fingerprint density at radius 1 is 1.04 bits per heavy atom. The Morgan fingerprint density at radius 3 is 2.39 bits per heavy atom. The highest BCUT2D eigenvalue weighted by Gasteiger charge is 2.08. The summed E-state index contributed by atoms with van der Waals surface area (Å²) < 4.78 is 0. The van der Waals surface area contributed by atoms with Gasteiger partial charge in [-0.25, -0.2) is 9.97 Å². The van der Waals surface area contributed by atoms with Crippen LogP contribution in [0.1, 0.15) is 10.4 Å². The molecule has 1 aromatic heterocycles.